The molecule has 0 radical (unpaired) electrons. The number of unbranched alkanes of at least 4 members (excludes halogenated alkanes) is 18. The number of rotatable bonds is 22. The normalized spacial score (nSPS) is 11.4. The van der Waals surface area contributed by atoms with Gasteiger partial charge in [-0.05, 0) is 19.3 Å². The molecule has 0 aliphatic heterocycles. The van der Waals surface area contributed by atoms with Crippen LogP contribution in [0, 0.1) is 0 Å². The van der Waals surface area contributed by atoms with E-state index in [1.54, 1.807) is 0 Å². The van der Waals surface area contributed by atoms with Crippen LogP contribution in [0.1, 0.15) is 148 Å². The molecule has 0 fully saturated rings. The van der Waals surface area contributed by atoms with Crippen LogP contribution in [0.25, 0.3) is 0 Å². The Labute approximate surface area is 189 Å². The molecule has 0 aliphatic carbocycles. The first-order chi connectivity index (χ1) is 14.8. The Bertz CT molecular complexity index is 477. The zero-order valence-corrected chi connectivity index (χ0v) is 21.1. The van der Waals surface area contributed by atoms with Crippen molar-refractivity contribution in [2.45, 2.75) is 155 Å². The fourth-order valence-electron chi connectivity index (χ4n) is 4.62. The Morgan fingerprint density at radius 2 is 0.967 bits per heavy atom. The molecule has 2 heteroatoms. The average molecular weight is 420 g/mol. The Morgan fingerprint density at radius 3 is 1.43 bits per heavy atom. The fraction of sp³-hybridized carbons (Fsp3) is 0.893. The van der Waals surface area contributed by atoms with Gasteiger partial charge in [0.15, 0.2) is 0 Å². The minimum absolute atomic E-state index is 1.20. The molecule has 0 aliphatic rings. The van der Waals surface area contributed by atoms with E-state index in [1.165, 1.54) is 147 Å². The second kappa shape index (κ2) is 20.1. The van der Waals surface area contributed by atoms with E-state index in [-0.39, 0.29) is 0 Å². The van der Waals surface area contributed by atoms with Gasteiger partial charge in [0.05, 0.1) is 13.6 Å². The molecule has 1 aromatic rings. The number of nitrogens with zero attached hydrogens (tertiary/aromatic N) is 2. The first kappa shape index (κ1) is 27.2. The molecule has 0 amide bonds. The van der Waals surface area contributed by atoms with E-state index in [1.807, 2.05) is 0 Å². The highest BCUT2D eigenvalue weighted by Gasteiger charge is 2.13. The molecule has 0 bridgehead atoms. The number of imidazole rings is 1. The van der Waals surface area contributed by atoms with Crippen LogP contribution in [-0.4, -0.2) is 4.57 Å². The molecule has 1 rings (SSSR count). The standard InChI is InChI=1S/C28H55N2/c1-4-6-8-9-10-11-12-13-14-15-16-17-18-19-20-21-22-24-28-29(3)26-27-30(28)25-23-7-5-2/h26-27H,4-25H2,1-3H3/q+1. The summed E-state index contributed by atoms with van der Waals surface area (Å²) < 4.78 is 4.82. The van der Waals surface area contributed by atoms with Crippen LogP contribution in [0.15, 0.2) is 12.4 Å². The van der Waals surface area contributed by atoms with Crippen molar-refractivity contribution in [3.8, 4) is 0 Å². The minimum atomic E-state index is 1.20. The molecular weight excluding hydrogens is 364 g/mol. The Hall–Kier alpha value is -0.790. The summed E-state index contributed by atoms with van der Waals surface area (Å²) in [5.74, 6) is 1.52. The van der Waals surface area contributed by atoms with Crippen LogP contribution >= 0.6 is 0 Å². The summed E-state index contributed by atoms with van der Waals surface area (Å²) >= 11 is 0. The van der Waals surface area contributed by atoms with Gasteiger partial charge in [0.25, 0.3) is 5.82 Å². The highest BCUT2D eigenvalue weighted by Crippen LogP contribution is 2.14. The molecule has 0 atom stereocenters. The Kier molecular flexibility index (Phi) is 18.3. The van der Waals surface area contributed by atoms with Gasteiger partial charge in [0.2, 0.25) is 0 Å². The lowest BCUT2D eigenvalue weighted by Crippen LogP contribution is -2.32. The highest BCUT2D eigenvalue weighted by atomic mass is 15.1. The third kappa shape index (κ3) is 14.3. The molecule has 1 aromatic heterocycles. The smallest absolute Gasteiger partial charge is 0.237 e. The Balaban J connectivity index is 1.87. The lowest BCUT2D eigenvalue weighted by atomic mass is 10.0. The summed E-state index contributed by atoms with van der Waals surface area (Å²) in [4.78, 5) is 0. The summed E-state index contributed by atoms with van der Waals surface area (Å²) in [7, 11) is 2.21. The van der Waals surface area contributed by atoms with Crippen LogP contribution in [-0.2, 0) is 20.0 Å². The van der Waals surface area contributed by atoms with E-state index in [4.69, 9.17) is 0 Å². The zero-order valence-electron chi connectivity index (χ0n) is 21.1. The largest absolute Gasteiger partial charge is 0.256 e. The highest BCUT2D eigenvalue weighted by molar-refractivity contribution is 4.84. The topological polar surface area (TPSA) is 8.81 Å². The maximum absolute atomic E-state index is 2.49. The lowest BCUT2D eigenvalue weighted by Gasteiger charge is -2.04. The molecule has 2 nitrogen and oxygen atoms in total. The van der Waals surface area contributed by atoms with Crippen molar-refractivity contribution >= 4 is 0 Å². The van der Waals surface area contributed by atoms with E-state index in [2.05, 4.69) is 42.4 Å². The van der Waals surface area contributed by atoms with Crippen molar-refractivity contribution in [1.82, 2.24) is 4.57 Å². The minimum Gasteiger partial charge on any atom is -0.237 e. The van der Waals surface area contributed by atoms with Crippen molar-refractivity contribution in [2.75, 3.05) is 0 Å². The van der Waals surface area contributed by atoms with E-state index in [9.17, 15) is 0 Å². The van der Waals surface area contributed by atoms with Crippen molar-refractivity contribution in [3.63, 3.8) is 0 Å². The summed E-state index contributed by atoms with van der Waals surface area (Å²) in [5.41, 5.74) is 0. The van der Waals surface area contributed by atoms with Crippen LogP contribution in [0.5, 0.6) is 0 Å². The van der Waals surface area contributed by atoms with Crippen LogP contribution < -0.4 is 4.57 Å². The SMILES string of the molecule is CCCCCCCCCCCCCCCCCCCc1n(CCCCC)cc[n+]1C. The van der Waals surface area contributed by atoms with E-state index in [0.717, 1.165) is 0 Å². The van der Waals surface area contributed by atoms with Crippen molar-refractivity contribution < 1.29 is 4.57 Å². The van der Waals surface area contributed by atoms with Gasteiger partial charge in [-0.15, -0.1) is 0 Å². The van der Waals surface area contributed by atoms with Crippen molar-refractivity contribution in [1.29, 1.82) is 0 Å². The van der Waals surface area contributed by atoms with E-state index >= 15 is 0 Å². The van der Waals surface area contributed by atoms with Gasteiger partial charge in [-0.3, -0.25) is 0 Å². The summed E-state index contributed by atoms with van der Waals surface area (Å²) in [6.45, 7) is 5.78. The summed E-state index contributed by atoms with van der Waals surface area (Å²) in [5, 5.41) is 0. The molecule has 176 valence electrons. The molecule has 1 heterocycles. The third-order valence-corrected chi connectivity index (χ3v) is 6.72. The first-order valence-corrected chi connectivity index (χ1v) is 13.8. The molecule has 0 aromatic carbocycles. The predicted octanol–water partition coefficient (Wildman–Crippen LogP) is 8.70. The van der Waals surface area contributed by atoms with Crippen molar-refractivity contribution in [3.05, 3.63) is 18.2 Å². The van der Waals surface area contributed by atoms with Crippen molar-refractivity contribution in [2.24, 2.45) is 7.05 Å². The molecule has 30 heavy (non-hydrogen) atoms. The molecule has 0 unspecified atom stereocenters. The van der Waals surface area contributed by atoms with Gasteiger partial charge in [0.1, 0.15) is 12.4 Å². The first-order valence-electron chi connectivity index (χ1n) is 13.8. The number of hydrogen-bond donors (Lipinski definition) is 0. The van der Waals surface area contributed by atoms with Gasteiger partial charge >= 0.3 is 0 Å². The maximum Gasteiger partial charge on any atom is 0.256 e. The average Bonchev–Trinajstić information content (AvgIpc) is 3.10. The fourth-order valence-corrected chi connectivity index (χ4v) is 4.62. The van der Waals surface area contributed by atoms with Gasteiger partial charge < -0.3 is 0 Å². The van der Waals surface area contributed by atoms with Crippen LogP contribution in [0.3, 0.4) is 0 Å². The van der Waals surface area contributed by atoms with Crippen LogP contribution in [0.4, 0.5) is 0 Å². The molecular formula is C28H55N2+. The van der Waals surface area contributed by atoms with E-state index in [0.29, 0.717) is 0 Å². The molecule has 0 N–H and O–H groups in total. The summed E-state index contributed by atoms with van der Waals surface area (Å²) in [6.07, 6.45) is 34.3. The maximum atomic E-state index is 2.49. The zero-order chi connectivity index (χ0) is 21.7. The molecule has 0 spiro atoms. The third-order valence-electron chi connectivity index (χ3n) is 6.72. The quantitative estimate of drug-likeness (QED) is 0.131. The number of hydrogen-bond acceptors (Lipinski definition) is 0. The van der Waals surface area contributed by atoms with Gasteiger partial charge in [-0.25, -0.2) is 9.13 Å². The lowest BCUT2D eigenvalue weighted by molar-refractivity contribution is -0.678. The van der Waals surface area contributed by atoms with Crippen LogP contribution in [0.2, 0.25) is 0 Å². The second-order valence-electron chi connectivity index (χ2n) is 9.63. The predicted molar refractivity (Wildman–Crippen MR) is 133 cm³/mol. The Morgan fingerprint density at radius 1 is 0.567 bits per heavy atom. The van der Waals surface area contributed by atoms with Gasteiger partial charge in [-0.2, -0.15) is 0 Å². The molecule has 0 saturated carbocycles. The summed E-state index contributed by atoms with van der Waals surface area (Å²) in [6, 6.07) is 0. The number of aryl methyl sites for hydroxylation is 2. The molecule has 0 saturated heterocycles. The van der Waals surface area contributed by atoms with Gasteiger partial charge in [-0.1, -0.05) is 123 Å². The number of aromatic nitrogens is 2. The monoisotopic (exact) mass is 419 g/mol. The van der Waals surface area contributed by atoms with Gasteiger partial charge in [0, 0.05) is 6.42 Å². The second-order valence-corrected chi connectivity index (χ2v) is 9.63. The van der Waals surface area contributed by atoms with E-state index < -0.39 is 0 Å².